The van der Waals surface area contributed by atoms with Crippen molar-refractivity contribution in [3.63, 3.8) is 0 Å². The number of carbonyl (C=O) groups is 1. The van der Waals surface area contributed by atoms with Crippen molar-refractivity contribution in [1.82, 2.24) is 10.2 Å². The summed E-state index contributed by atoms with van der Waals surface area (Å²) in [4.78, 5) is 14.6. The van der Waals surface area contributed by atoms with Crippen LogP contribution in [0.1, 0.15) is 30.1 Å². The quantitative estimate of drug-likeness (QED) is 0.703. The van der Waals surface area contributed by atoms with Crippen LogP contribution in [0.4, 0.5) is 9.18 Å². The van der Waals surface area contributed by atoms with E-state index in [1.165, 1.54) is 6.07 Å². The molecule has 0 spiro atoms. The number of hydrogen-bond donors (Lipinski definition) is 2. The van der Waals surface area contributed by atoms with E-state index >= 15 is 4.39 Å². The van der Waals surface area contributed by atoms with Crippen LogP contribution in [-0.2, 0) is 11.3 Å². The van der Waals surface area contributed by atoms with Gasteiger partial charge in [-0.2, -0.15) is 0 Å². The number of aliphatic hydroxyl groups excluding tert-OH is 1. The average molecular weight is 430 g/mol. The van der Waals surface area contributed by atoms with Crippen LogP contribution < -0.4 is 14.8 Å². The molecule has 1 saturated heterocycles. The fourth-order valence-electron chi connectivity index (χ4n) is 3.93. The number of benzene rings is 2. The number of ether oxygens (including phenoxy) is 3. The minimum absolute atomic E-state index is 0.00521. The first-order chi connectivity index (χ1) is 15.1. The Balaban J connectivity index is 1.48. The van der Waals surface area contributed by atoms with Crippen molar-refractivity contribution in [2.24, 2.45) is 0 Å². The van der Waals surface area contributed by atoms with Gasteiger partial charge >= 0.3 is 6.09 Å². The number of hydrogen-bond acceptors (Lipinski definition) is 6. The number of nitrogens with zero attached hydrogens (tertiary/aromatic N) is 1. The summed E-state index contributed by atoms with van der Waals surface area (Å²) in [5, 5.41) is 13.8. The number of aliphatic hydroxyl groups is 1. The molecular weight excluding hydrogens is 403 g/mol. The Bertz CT molecular complexity index is 889. The summed E-state index contributed by atoms with van der Waals surface area (Å²) in [6.45, 7) is 2.82. The number of alkyl carbamates (subject to hydrolysis) is 1. The van der Waals surface area contributed by atoms with Crippen LogP contribution in [-0.4, -0.2) is 55.0 Å². The average Bonchev–Trinajstić information content (AvgIpc) is 3.31. The maximum absolute atomic E-state index is 15.1. The minimum Gasteiger partial charge on any atom is -0.486 e. The van der Waals surface area contributed by atoms with Crippen LogP contribution in [0.3, 0.4) is 0 Å². The summed E-state index contributed by atoms with van der Waals surface area (Å²) >= 11 is 0. The highest BCUT2D eigenvalue weighted by Crippen LogP contribution is 2.37. The molecule has 31 heavy (non-hydrogen) atoms. The third-order valence-electron chi connectivity index (χ3n) is 5.55. The van der Waals surface area contributed by atoms with Crippen molar-refractivity contribution in [3.05, 3.63) is 59.4 Å². The topological polar surface area (TPSA) is 80.3 Å². The van der Waals surface area contributed by atoms with Crippen LogP contribution in [0.25, 0.3) is 0 Å². The fourth-order valence-corrected chi connectivity index (χ4v) is 3.93. The Morgan fingerprint density at radius 1 is 1.13 bits per heavy atom. The maximum atomic E-state index is 15.1. The van der Waals surface area contributed by atoms with Gasteiger partial charge in [-0.25, -0.2) is 9.18 Å². The largest absolute Gasteiger partial charge is 0.486 e. The molecular formula is C23H27FN2O5. The number of amides is 1. The zero-order valence-corrected chi connectivity index (χ0v) is 17.3. The van der Waals surface area contributed by atoms with Gasteiger partial charge < -0.3 is 29.5 Å². The minimum atomic E-state index is -1.28. The van der Waals surface area contributed by atoms with Gasteiger partial charge in [0.05, 0.1) is 6.04 Å². The van der Waals surface area contributed by atoms with Crippen LogP contribution in [0.15, 0.2) is 42.5 Å². The van der Waals surface area contributed by atoms with E-state index in [2.05, 4.69) is 10.2 Å². The van der Waals surface area contributed by atoms with Gasteiger partial charge in [0.2, 0.25) is 0 Å². The van der Waals surface area contributed by atoms with Crippen molar-refractivity contribution in [1.29, 1.82) is 0 Å². The zero-order valence-electron chi connectivity index (χ0n) is 17.3. The molecule has 1 unspecified atom stereocenters. The van der Waals surface area contributed by atoms with Crippen molar-refractivity contribution in [3.8, 4) is 11.5 Å². The van der Waals surface area contributed by atoms with Gasteiger partial charge in [-0.3, -0.25) is 0 Å². The van der Waals surface area contributed by atoms with Crippen LogP contribution in [0.5, 0.6) is 11.5 Å². The Morgan fingerprint density at radius 2 is 1.87 bits per heavy atom. The van der Waals surface area contributed by atoms with Crippen LogP contribution in [0, 0.1) is 5.82 Å². The summed E-state index contributed by atoms with van der Waals surface area (Å²) in [5.74, 6) is -0.365. The molecule has 2 heterocycles. The number of rotatable bonds is 7. The standard InChI is InChI=1S/C23H27FN2O5/c24-20-17(8-9-19-22(20)30-13-12-29-19)21(27)18(14-26-10-4-5-11-26)25-23(28)31-15-16-6-2-1-3-7-16/h1-3,6-9,18,21,27H,4-5,10-15H2,(H,25,28)/t18-,21?/m1/s1. The lowest BCUT2D eigenvalue weighted by Gasteiger charge is -2.29. The van der Waals surface area contributed by atoms with Gasteiger partial charge in [0.15, 0.2) is 17.3 Å². The molecule has 2 aromatic rings. The van der Waals surface area contributed by atoms with Crippen LogP contribution in [0.2, 0.25) is 0 Å². The summed E-state index contributed by atoms with van der Waals surface area (Å²) < 4.78 is 31.2. The second-order valence-corrected chi connectivity index (χ2v) is 7.76. The molecule has 4 rings (SSSR count). The molecule has 0 aliphatic carbocycles. The van der Waals surface area contributed by atoms with Gasteiger partial charge in [-0.15, -0.1) is 0 Å². The number of likely N-dealkylation sites (tertiary alicyclic amines) is 1. The van der Waals surface area contributed by atoms with E-state index in [-0.39, 0.29) is 24.5 Å². The molecule has 7 nitrogen and oxygen atoms in total. The molecule has 0 bridgehead atoms. The van der Waals surface area contributed by atoms with Crippen molar-refractivity contribution in [2.45, 2.75) is 31.6 Å². The summed E-state index contributed by atoms with van der Waals surface area (Å²) in [6.07, 6.45) is 0.171. The predicted molar refractivity (Wildman–Crippen MR) is 112 cm³/mol. The lowest BCUT2D eigenvalue weighted by atomic mass is 10.00. The van der Waals surface area contributed by atoms with Crippen molar-refractivity contribution >= 4 is 6.09 Å². The van der Waals surface area contributed by atoms with E-state index in [4.69, 9.17) is 14.2 Å². The van der Waals surface area contributed by atoms with Crippen molar-refractivity contribution < 1.29 is 28.5 Å². The third-order valence-corrected chi connectivity index (χ3v) is 5.55. The van der Waals surface area contributed by atoms with Gasteiger partial charge in [0, 0.05) is 12.1 Å². The molecule has 2 atom stereocenters. The monoisotopic (exact) mass is 430 g/mol. The molecule has 166 valence electrons. The smallest absolute Gasteiger partial charge is 0.407 e. The van der Waals surface area contributed by atoms with Gasteiger partial charge in [0.25, 0.3) is 0 Å². The summed E-state index contributed by atoms with van der Waals surface area (Å²) in [7, 11) is 0. The highest BCUT2D eigenvalue weighted by atomic mass is 19.1. The number of carbonyl (C=O) groups excluding carboxylic acids is 1. The SMILES string of the molecule is O=C(N[C@H](CN1CCCC1)C(O)c1ccc2c(c1F)OCCO2)OCc1ccccc1. The lowest BCUT2D eigenvalue weighted by molar-refractivity contribution is 0.0850. The van der Waals surface area contributed by atoms with E-state index in [1.54, 1.807) is 6.07 Å². The first kappa shape index (κ1) is 21.4. The molecule has 1 amide bonds. The number of halogens is 1. The van der Waals surface area contributed by atoms with E-state index in [0.717, 1.165) is 31.5 Å². The molecule has 2 aliphatic rings. The van der Waals surface area contributed by atoms with Crippen molar-refractivity contribution in [2.75, 3.05) is 32.8 Å². The maximum Gasteiger partial charge on any atom is 0.407 e. The number of fused-ring (bicyclic) bond motifs is 1. The van der Waals surface area contributed by atoms with Crippen LogP contribution >= 0.6 is 0 Å². The molecule has 2 N–H and O–H groups in total. The molecule has 2 aliphatic heterocycles. The molecule has 0 saturated carbocycles. The summed E-state index contributed by atoms with van der Waals surface area (Å²) in [6, 6.07) is 11.6. The van der Waals surface area contributed by atoms with Gasteiger partial charge in [-0.1, -0.05) is 30.3 Å². The van der Waals surface area contributed by atoms with E-state index in [1.807, 2.05) is 30.3 Å². The molecule has 1 fully saturated rings. The van der Waals surface area contributed by atoms with E-state index in [9.17, 15) is 9.90 Å². The molecule has 2 aromatic carbocycles. The first-order valence-electron chi connectivity index (χ1n) is 10.6. The number of nitrogens with one attached hydrogen (secondary N) is 1. The Hall–Kier alpha value is -2.84. The second kappa shape index (κ2) is 9.98. The Labute approximate surface area is 180 Å². The summed E-state index contributed by atoms with van der Waals surface area (Å²) in [5.41, 5.74) is 0.906. The Kier molecular flexibility index (Phi) is 6.89. The molecule has 8 heteroatoms. The third kappa shape index (κ3) is 5.26. The lowest BCUT2D eigenvalue weighted by Crippen LogP contribution is -2.47. The Morgan fingerprint density at radius 3 is 2.65 bits per heavy atom. The first-order valence-corrected chi connectivity index (χ1v) is 10.6. The normalized spacial score (nSPS) is 17.7. The fraction of sp³-hybridized carbons (Fsp3) is 0.435. The van der Waals surface area contributed by atoms with E-state index in [0.29, 0.717) is 18.9 Å². The predicted octanol–water partition coefficient (Wildman–Crippen LogP) is 3.02. The molecule has 0 aromatic heterocycles. The highest BCUT2D eigenvalue weighted by molar-refractivity contribution is 5.67. The highest BCUT2D eigenvalue weighted by Gasteiger charge is 2.31. The van der Waals surface area contributed by atoms with E-state index < -0.39 is 24.1 Å². The molecule has 0 radical (unpaired) electrons. The van der Waals surface area contributed by atoms with Gasteiger partial charge in [0.1, 0.15) is 25.9 Å². The zero-order chi connectivity index (χ0) is 21.6. The second-order valence-electron chi connectivity index (χ2n) is 7.76. The van der Waals surface area contributed by atoms with Gasteiger partial charge in [-0.05, 0) is 43.6 Å².